The molecule has 0 aliphatic rings. The first-order valence-corrected chi connectivity index (χ1v) is 9.28. The Kier molecular flexibility index (Phi) is 5.19. The Morgan fingerprint density at radius 2 is 1.96 bits per heavy atom. The Morgan fingerprint density at radius 3 is 2.70 bits per heavy atom. The number of benzene rings is 2. The zero-order valence-electron chi connectivity index (χ0n) is 14.0. The van der Waals surface area contributed by atoms with E-state index in [0.29, 0.717) is 11.3 Å². The second-order valence-electron chi connectivity index (χ2n) is 5.59. The van der Waals surface area contributed by atoms with Crippen molar-refractivity contribution in [2.24, 2.45) is 5.73 Å². The summed E-state index contributed by atoms with van der Waals surface area (Å²) in [5.41, 5.74) is 6.27. The lowest BCUT2D eigenvalue weighted by molar-refractivity contribution is 0.259. The topological polar surface area (TPSA) is 119 Å². The minimum Gasteiger partial charge on any atom is -0.351 e. The van der Waals surface area contributed by atoms with Gasteiger partial charge in [0.05, 0.1) is 12.4 Å². The average Bonchev–Trinajstić information content (AvgIpc) is 3.11. The lowest BCUT2D eigenvalue weighted by atomic mass is 10.2. The third-order valence-electron chi connectivity index (χ3n) is 3.63. The zero-order chi connectivity index (χ0) is 19.4. The van der Waals surface area contributed by atoms with Crippen molar-refractivity contribution in [3.8, 4) is 5.69 Å². The number of carbonyl (C=O) groups is 1. The quantitative estimate of drug-likeness (QED) is 0.597. The highest BCUT2D eigenvalue weighted by atomic mass is 32.2. The molecule has 0 bridgehead atoms. The van der Waals surface area contributed by atoms with E-state index < -0.39 is 21.9 Å². The summed E-state index contributed by atoms with van der Waals surface area (Å²) in [7, 11) is -3.86. The molecule has 8 nitrogen and oxygen atoms in total. The maximum Gasteiger partial charge on any atom is 0.316 e. The van der Waals surface area contributed by atoms with Crippen molar-refractivity contribution in [2.75, 3.05) is 5.32 Å². The molecule has 4 N–H and O–H groups in total. The number of rotatable bonds is 6. The van der Waals surface area contributed by atoms with E-state index in [1.165, 1.54) is 24.4 Å². The predicted octanol–water partition coefficient (Wildman–Crippen LogP) is 1.98. The van der Waals surface area contributed by atoms with Crippen LogP contribution in [0.3, 0.4) is 0 Å². The second kappa shape index (κ2) is 7.56. The van der Waals surface area contributed by atoms with Crippen molar-refractivity contribution in [1.82, 2.24) is 14.5 Å². The van der Waals surface area contributed by atoms with E-state index in [1.54, 1.807) is 30.3 Å². The molecule has 2 aromatic carbocycles. The molecule has 2 amide bonds. The van der Waals surface area contributed by atoms with Crippen molar-refractivity contribution in [3.63, 3.8) is 0 Å². The fraction of sp³-hybridized carbons (Fsp3) is 0.0588. The summed E-state index contributed by atoms with van der Waals surface area (Å²) in [5, 5.41) is 6.33. The number of nitrogens with two attached hydrogens (primary N) is 1. The molecule has 0 aliphatic heterocycles. The molecule has 0 atom stereocenters. The first-order valence-electron chi connectivity index (χ1n) is 7.80. The van der Waals surface area contributed by atoms with Crippen LogP contribution in [0.15, 0.2) is 65.8 Å². The summed E-state index contributed by atoms with van der Waals surface area (Å²) in [6.07, 6.45) is 2.37. The summed E-state index contributed by atoms with van der Waals surface area (Å²) < 4.78 is 42.3. The minimum atomic E-state index is -3.86. The molecule has 27 heavy (non-hydrogen) atoms. The van der Waals surface area contributed by atoms with Gasteiger partial charge in [-0.25, -0.2) is 27.0 Å². The monoisotopic (exact) mass is 389 g/mol. The van der Waals surface area contributed by atoms with E-state index in [4.69, 9.17) is 5.73 Å². The number of carbonyl (C=O) groups excluding carboxylic acids is 1. The van der Waals surface area contributed by atoms with E-state index in [9.17, 15) is 17.6 Å². The van der Waals surface area contributed by atoms with E-state index in [0.717, 1.165) is 10.9 Å². The van der Waals surface area contributed by atoms with Crippen molar-refractivity contribution < 1.29 is 17.6 Å². The Balaban J connectivity index is 1.74. The predicted molar refractivity (Wildman–Crippen MR) is 97.2 cm³/mol. The van der Waals surface area contributed by atoms with Crippen LogP contribution in [0.5, 0.6) is 0 Å². The van der Waals surface area contributed by atoms with Crippen molar-refractivity contribution in [3.05, 3.63) is 72.3 Å². The molecule has 1 heterocycles. The molecule has 0 unspecified atom stereocenters. The average molecular weight is 389 g/mol. The van der Waals surface area contributed by atoms with Gasteiger partial charge in [-0.05, 0) is 29.8 Å². The van der Waals surface area contributed by atoms with E-state index in [-0.39, 0.29) is 17.1 Å². The Morgan fingerprint density at radius 1 is 1.19 bits per heavy atom. The minimum absolute atomic E-state index is 0.0124. The van der Waals surface area contributed by atoms with Crippen LogP contribution < -0.4 is 15.8 Å². The Bertz CT molecular complexity index is 1080. The maximum atomic E-state index is 13.8. The number of aromatic nitrogens is 2. The van der Waals surface area contributed by atoms with Gasteiger partial charge >= 0.3 is 6.03 Å². The van der Waals surface area contributed by atoms with Crippen LogP contribution >= 0.6 is 0 Å². The van der Waals surface area contributed by atoms with Gasteiger partial charge in [0.2, 0.25) is 10.0 Å². The third-order valence-corrected chi connectivity index (χ3v) is 4.99. The van der Waals surface area contributed by atoms with Crippen molar-refractivity contribution in [2.45, 2.75) is 11.4 Å². The zero-order valence-corrected chi connectivity index (χ0v) is 14.8. The van der Waals surface area contributed by atoms with Crippen LogP contribution in [0.4, 0.5) is 14.9 Å². The van der Waals surface area contributed by atoms with Gasteiger partial charge in [0.15, 0.2) is 0 Å². The first-order chi connectivity index (χ1) is 12.8. The first kappa shape index (κ1) is 18.5. The van der Waals surface area contributed by atoms with Crippen molar-refractivity contribution in [1.29, 1.82) is 0 Å². The lowest BCUT2D eigenvalue weighted by Gasteiger charge is -2.07. The van der Waals surface area contributed by atoms with Gasteiger partial charge in [-0.15, -0.1) is 0 Å². The maximum absolute atomic E-state index is 13.8. The van der Waals surface area contributed by atoms with Gasteiger partial charge in [0, 0.05) is 12.2 Å². The fourth-order valence-electron chi connectivity index (χ4n) is 2.38. The number of hydrogen-bond donors (Lipinski definition) is 3. The smallest absolute Gasteiger partial charge is 0.316 e. The normalized spacial score (nSPS) is 11.3. The molecule has 0 spiro atoms. The number of hydrogen-bond acceptors (Lipinski definition) is 4. The number of nitrogens with one attached hydrogen (secondary N) is 2. The molecule has 0 saturated carbocycles. The largest absolute Gasteiger partial charge is 0.351 e. The van der Waals surface area contributed by atoms with Crippen LogP contribution in [0, 0.1) is 5.82 Å². The van der Waals surface area contributed by atoms with Crippen molar-refractivity contribution >= 4 is 21.7 Å². The van der Waals surface area contributed by atoms with Gasteiger partial charge in [0.1, 0.15) is 16.4 Å². The van der Waals surface area contributed by atoms with Gasteiger partial charge in [-0.1, -0.05) is 24.3 Å². The van der Waals surface area contributed by atoms with Crippen LogP contribution in [-0.4, -0.2) is 24.2 Å². The lowest BCUT2D eigenvalue weighted by Crippen LogP contribution is -2.23. The number of para-hydroxylation sites is 1. The molecule has 0 aliphatic carbocycles. The molecular formula is C17H16FN5O3S. The molecule has 140 valence electrons. The highest BCUT2D eigenvalue weighted by molar-refractivity contribution is 7.89. The molecule has 3 rings (SSSR count). The van der Waals surface area contributed by atoms with Crippen LogP contribution in [0.2, 0.25) is 0 Å². The van der Waals surface area contributed by atoms with Gasteiger partial charge in [0.25, 0.3) is 0 Å². The van der Waals surface area contributed by atoms with E-state index in [2.05, 4.69) is 15.1 Å². The molecule has 1 aromatic heterocycles. The van der Waals surface area contributed by atoms with Crippen LogP contribution in [0.1, 0.15) is 5.56 Å². The standard InChI is InChI=1S/C17H16FN5O3S/c18-15-6-1-2-7-16(15)23-11-14(10-20-23)27(25,26)21-9-12-4-3-5-13(8-12)22-17(19)24/h1-8,10-11,21H,9H2,(H3,19,22,24). The number of nitrogens with zero attached hydrogens (tertiary/aromatic N) is 2. The van der Waals surface area contributed by atoms with Gasteiger partial charge in [-0.2, -0.15) is 5.10 Å². The summed E-state index contributed by atoms with van der Waals surface area (Å²) >= 11 is 0. The number of amides is 2. The molecule has 0 radical (unpaired) electrons. The summed E-state index contributed by atoms with van der Waals surface area (Å²) in [6.45, 7) is -0.0124. The highest BCUT2D eigenvalue weighted by Gasteiger charge is 2.17. The van der Waals surface area contributed by atoms with Crippen LogP contribution in [0.25, 0.3) is 5.69 Å². The number of halogens is 1. The van der Waals surface area contributed by atoms with Crippen LogP contribution in [-0.2, 0) is 16.6 Å². The fourth-order valence-corrected chi connectivity index (χ4v) is 3.33. The Hall–Kier alpha value is -3.24. The highest BCUT2D eigenvalue weighted by Crippen LogP contribution is 2.16. The van der Waals surface area contributed by atoms with E-state index >= 15 is 0 Å². The number of primary amides is 1. The Labute approximate surface area is 154 Å². The number of anilines is 1. The molecular weight excluding hydrogens is 373 g/mol. The number of urea groups is 1. The summed E-state index contributed by atoms with van der Waals surface area (Å²) in [5.74, 6) is -0.517. The van der Waals surface area contributed by atoms with E-state index in [1.807, 2.05) is 0 Å². The molecule has 0 saturated heterocycles. The van der Waals surface area contributed by atoms with Gasteiger partial charge < -0.3 is 11.1 Å². The molecule has 0 fully saturated rings. The number of sulfonamides is 1. The summed E-state index contributed by atoms with van der Waals surface area (Å²) in [6, 6.07) is 11.8. The SMILES string of the molecule is NC(=O)Nc1cccc(CNS(=O)(=O)c2cnn(-c3ccccc3F)c2)c1. The molecule has 10 heteroatoms. The molecule has 3 aromatic rings. The summed E-state index contributed by atoms with van der Waals surface area (Å²) in [4.78, 5) is 10.8. The second-order valence-corrected chi connectivity index (χ2v) is 7.35. The third kappa shape index (κ3) is 4.49. The van der Waals surface area contributed by atoms with Gasteiger partial charge in [-0.3, -0.25) is 0 Å².